The third-order valence-corrected chi connectivity index (χ3v) is 6.77. The van der Waals surface area contributed by atoms with Crippen LogP contribution in [0.2, 0.25) is 0 Å². The van der Waals surface area contributed by atoms with Crippen molar-refractivity contribution < 1.29 is 28.0 Å². The number of furan rings is 1. The number of fused-ring (bicyclic) bond motifs is 3. The maximum atomic E-state index is 13.8. The van der Waals surface area contributed by atoms with Crippen molar-refractivity contribution in [2.24, 2.45) is 0 Å². The van der Waals surface area contributed by atoms with E-state index in [-0.39, 0.29) is 28.4 Å². The van der Waals surface area contributed by atoms with Gasteiger partial charge in [0.05, 0.1) is 22.0 Å². The normalized spacial score (nSPS) is 11.5. The SMILES string of the molecule is CNC(=O)C(=O)c1c[nH]c2c(-c3cccc(C(=O)NC(C)(C)C)c3)cc3c(C(=O)NC)c(-c4ccc(F)cc4)oc3c12. The van der Waals surface area contributed by atoms with Crippen LogP contribution in [0.5, 0.6) is 0 Å². The summed E-state index contributed by atoms with van der Waals surface area (Å²) in [7, 11) is 2.83. The molecule has 0 saturated heterocycles. The molecule has 0 bridgehead atoms. The van der Waals surface area contributed by atoms with E-state index in [0.29, 0.717) is 38.5 Å². The first-order valence-electron chi connectivity index (χ1n) is 13.2. The van der Waals surface area contributed by atoms with Crippen LogP contribution in [0.1, 0.15) is 51.8 Å². The lowest BCUT2D eigenvalue weighted by atomic mass is 9.95. The highest BCUT2D eigenvalue weighted by Crippen LogP contribution is 2.43. The van der Waals surface area contributed by atoms with Gasteiger partial charge in [0.15, 0.2) is 0 Å². The standard InChI is InChI=1S/C32H29FN4O5/c1-32(2,3)37-29(39)18-8-6-7-17(13-18)20-14-21-24(30(40)34-4)27(16-9-11-19(33)12-10-16)42-28(21)23-22(15-36-25(20)23)26(38)31(41)35-5/h6-15,36H,1-5H3,(H,34,40)(H,35,41)(H,37,39). The van der Waals surface area contributed by atoms with E-state index in [1.165, 1.54) is 44.6 Å². The summed E-state index contributed by atoms with van der Waals surface area (Å²) >= 11 is 0. The molecule has 9 nitrogen and oxygen atoms in total. The molecule has 5 rings (SSSR count). The van der Waals surface area contributed by atoms with E-state index in [1.54, 1.807) is 30.3 Å². The molecule has 42 heavy (non-hydrogen) atoms. The number of ketones is 1. The number of likely N-dealkylation sites (N-methyl/N-ethyl adjacent to an activating group) is 1. The minimum absolute atomic E-state index is 0.0423. The van der Waals surface area contributed by atoms with E-state index in [0.717, 1.165) is 0 Å². The van der Waals surface area contributed by atoms with Gasteiger partial charge >= 0.3 is 0 Å². The molecule has 2 heterocycles. The van der Waals surface area contributed by atoms with Crippen molar-refractivity contribution in [1.29, 1.82) is 0 Å². The smallest absolute Gasteiger partial charge is 0.292 e. The van der Waals surface area contributed by atoms with Gasteiger partial charge in [0, 0.05) is 47.9 Å². The molecule has 0 aliphatic heterocycles. The second-order valence-corrected chi connectivity index (χ2v) is 10.8. The molecule has 2 aromatic heterocycles. The predicted octanol–water partition coefficient (Wildman–Crippen LogP) is 5.20. The van der Waals surface area contributed by atoms with Crippen LogP contribution < -0.4 is 16.0 Å². The van der Waals surface area contributed by atoms with Crippen LogP contribution in [0.25, 0.3) is 44.3 Å². The molecule has 0 radical (unpaired) electrons. The van der Waals surface area contributed by atoms with Gasteiger partial charge in [-0.15, -0.1) is 0 Å². The van der Waals surface area contributed by atoms with E-state index >= 15 is 0 Å². The number of halogens is 1. The molecule has 3 amide bonds. The summed E-state index contributed by atoms with van der Waals surface area (Å²) in [5, 5.41) is 8.58. The molecule has 4 N–H and O–H groups in total. The Labute approximate surface area is 240 Å². The number of aromatic amines is 1. The number of rotatable bonds is 6. The summed E-state index contributed by atoms with van der Waals surface area (Å²) in [6, 6.07) is 14.2. The molecule has 0 unspecified atom stereocenters. The lowest BCUT2D eigenvalue weighted by Gasteiger charge is -2.20. The Bertz CT molecular complexity index is 1890. The van der Waals surface area contributed by atoms with Gasteiger partial charge in [-0.05, 0) is 68.8 Å². The third kappa shape index (κ3) is 5.03. The predicted molar refractivity (Wildman–Crippen MR) is 158 cm³/mol. The van der Waals surface area contributed by atoms with Crippen LogP contribution in [0.3, 0.4) is 0 Å². The number of carbonyl (C=O) groups is 4. The summed E-state index contributed by atoms with van der Waals surface area (Å²) in [6.07, 6.45) is 1.42. The number of benzene rings is 3. The first-order valence-corrected chi connectivity index (χ1v) is 13.2. The number of Topliss-reactive ketones (excluding diaryl/α,β-unsaturated/α-hetero) is 1. The number of nitrogens with one attached hydrogen (secondary N) is 4. The van der Waals surface area contributed by atoms with Crippen molar-refractivity contribution in [2.75, 3.05) is 14.1 Å². The zero-order valence-electron chi connectivity index (χ0n) is 23.7. The number of hydrogen-bond donors (Lipinski definition) is 4. The van der Waals surface area contributed by atoms with Gasteiger partial charge in [-0.3, -0.25) is 19.2 Å². The molecule has 0 atom stereocenters. The number of amides is 3. The van der Waals surface area contributed by atoms with E-state index in [1.807, 2.05) is 20.8 Å². The second-order valence-electron chi connectivity index (χ2n) is 10.8. The summed E-state index contributed by atoms with van der Waals surface area (Å²) in [4.78, 5) is 54.9. The highest BCUT2D eigenvalue weighted by Gasteiger charge is 2.29. The molecular weight excluding hydrogens is 539 g/mol. The largest absolute Gasteiger partial charge is 0.454 e. The first-order chi connectivity index (χ1) is 19.9. The molecule has 0 saturated carbocycles. The third-order valence-electron chi connectivity index (χ3n) is 6.77. The van der Waals surface area contributed by atoms with E-state index in [9.17, 15) is 23.6 Å². The Morgan fingerprint density at radius 1 is 0.881 bits per heavy atom. The topological polar surface area (TPSA) is 133 Å². The van der Waals surface area contributed by atoms with Crippen molar-refractivity contribution in [3.05, 3.63) is 83.3 Å². The molecule has 0 aliphatic carbocycles. The number of hydrogen-bond acceptors (Lipinski definition) is 5. The second kappa shape index (κ2) is 10.6. The highest BCUT2D eigenvalue weighted by molar-refractivity contribution is 6.46. The van der Waals surface area contributed by atoms with Crippen LogP contribution in [0.15, 0.2) is 65.2 Å². The summed E-state index contributed by atoms with van der Waals surface area (Å²) in [5.74, 6) is -2.65. The van der Waals surface area contributed by atoms with Crippen molar-refractivity contribution in [1.82, 2.24) is 20.9 Å². The molecule has 0 aliphatic rings. The molecule has 214 valence electrons. The van der Waals surface area contributed by atoms with Gasteiger partial charge in [-0.1, -0.05) is 12.1 Å². The van der Waals surface area contributed by atoms with Gasteiger partial charge in [0.1, 0.15) is 17.2 Å². The fourth-order valence-corrected chi connectivity index (χ4v) is 4.89. The summed E-state index contributed by atoms with van der Waals surface area (Å²) in [6.45, 7) is 5.65. The van der Waals surface area contributed by atoms with Crippen LogP contribution in [-0.4, -0.2) is 48.1 Å². The van der Waals surface area contributed by atoms with Crippen molar-refractivity contribution in [3.8, 4) is 22.5 Å². The first kappa shape index (κ1) is 28.3. The highest BCUT2D eigenvalue weighted by atomic mass is 19.1. The number of carbonyl (C=O) groups excluding carboxylic acids is 4. The summed E-state index contributed by atoms with van der Waals surface area (Å²) in [5.41, 5.74) is 2.46. The fourth-order valence-electron chi connectivity index (χ4n) is 4.89. The van der Waals surface area contributed by atoms with E-state index in [2.05, 4.69) is 20.9 Å². The minimum Gasteiger partial charge on any atom is -0.454 e. The zero-order valence-corrected chi connectivity index (χ0v) is 23.7. The maximum absolute atomic E-state index is 13.8. The molecular formula is C32H29FN4O5. The Morgan fingerprint density at radius 2 is 1.60 bits per heavy atom. The quantitative estimate of drug-likeness (QED) is 0.165. The summed E-state index contributed by atoms with van der Waals surface area (Å²) < 4.78 is 20.0. The Hall–Kier alpha value is -5.25. The van der Waals surface area contributed by atoms with E-state index < -0.39 is 29.0 Å². The molecule has 0 spiro atoms. The van der Waals surface area contributed by atoms with Gasteiger partial charge in [0.25, 0.3) is 23.5 Å². The van der Waals surface area contributed by atoms with Gasteiger partial charge in [-0.2, -0.15) is 0 Å². The maximum Gasteiger partial charge on any atom is 0.292 e. The van der Waals surface area contributed by atoms with Crippen LogP contribution in [0.4, 0.5) is 4.39 Å². The number of H-pyrrole nitrogens is 1. The Balaban J connectivity index is 1.86. The van der Waals surface area contributed by atoms with Gasteiger partial charge < -0.3 is 25.4 Å². The van der Waals surface area contributed by atoms with Crippen LogP contribution in [-0.2, 0) is 4.79 Å². The minimum atomic E-state index is -0.827. The average Bonchev–Trinajstić information content (AvgIpc) is 3.57. The van der Waals surface area contributed by atoms with Crippen LogP contribution >= 0.6 is 0 Å². The molecule has 5 aromatic rings. The number of aromatic nitrogens is 1. The van der Waals surface area contributed by atoms with Crippen molar-refractivity contribution in [3.63, 3.8) is 0 Å². The lowest BCUT2D eigenvalue weighted by Crippen LogP contribution is -2.40. The fraction of sp³-hybridized carbons (Fsp3) is 0.188. The molecule has 3 aromatic carbocycles. The molecule has 10 heteroatoms. The van der Waals surface area contributed by atoms with Crippen molar-refractivity contribution in [2.45, 2.75) is 26.3 Å². The Morgan fingerprint density at radius 3 is 2.24 bits per heavy atom. The van der Waals surface area contributed by atoms with E-state index in [4.69, 9.17) is 4.42 Å². The van der Waals surface area contributed by atoms with Crippen molar-refractivity contribution >= 4 is 45.4 Å². The van der Waals surface area contributed by atoms with Crippen LogP contribution in [0, 0.1) is 5.82 Å². The zero-order chi connectivity index (χ0) is 30.3. The lowest BCUT2D eigenvalue weighted by molar-refractivity contribution is -0.116. The average molecular weight is 569 g/mol. The van der Waals surface area contributed by atoms with Gasteiger partial charge in [-0.25, -0.2) is 4.39 Å². The molecule has 0 fully saturated rings. The monoisotopic (exact) mass is 568 g/mol. The van der Waals surface area contributed by atoms with Gasteiger partial charge in [0.2, 0.25) is 0 Å². The Kier molecular flexibility index (Phi) is 7.15.